The molecule has 0 saturated carbocycles. The summed E-state index contributed by atoms with van der Waals surface area (Å²) in [5.74, 6) is -0.260. The summed E-state index contributed by atoms with van der Waals surface area (Å²) in [4.78, 5) is 12.7. The first-order valence-corrected chi connectivity index (χ1v) is 10.0. The average Bonchev–Trinajstić information content (AvgIpc) is 2.60. The lowest BCUT2D eigenvalue weighted by Crippen LogP contribution is -2.38. The van der Waals surface area contributed by atoms with Crippen molar-refractivity contribution in [3.05, 3.63) is 57.5 Å². The van der Waals surface area contributed by atoms with Crippen LogP contribution in [0.15, 0.2) is 50.7 Å². The van der Waals surface area contributed by atoms with Crippen molar-refractivity contribution in [2.75, 3.05) is 0 Å². The van der Waals surface area contributed by atoms with Crippen molar-refractivity contribution in [2.45, 2.75) is 71.8 Å². The molecule has 2 atom stereocenters. The van der Waals surface area contributed by atoms with Gasteiger partial charge in [0.25, 0.3) is 0 Å². The van der Waals surface area contributed by atoms with E-state index < -0.39 is 17.1 Å². The number of hydrogen-bond donors (Lipinski definition) is 3. The molecule has 158 valence electrons. The van der Waals surface area contributed by atoms with Gasteiger partial charge in [0.05, 0.1) is 17.1 Å². The van der Waals surface area contributed by atoms with Gasteiger partial charge in [-0.1, -0.05) is 30.2 Å². The number of rotatable bonds is 8. The third kappa shape index (κ3) is 5.30. The number of aromatic hydroxyl groups is 2. The Kier molecular flexibility index (Phi) is 7.31. The minimum Gasteiger partial charge on any atom is -0.508 e. The molecule has 1 aromatic heterocycles. The van der Waals surface area contributed by atoms with Gasteiger partial charge in [0, 0.05) is 11.5 Å². The van der Waals surface area contributed by atoms with Crippen molar-refractivity contribution < 1.29 is 19.7 Å². The zero-order valence-corrected chi connectivity index (χ0v) is 18.0. The highest BCUT2D eigenvalue weighted by Crippen LogP contribution is 2.40. The predicted molar refractivity (Wildman–Crippen MR) is 117 cm³/mol. The average molecular weight is 401 g/mol. The topological polar surface area (TPSA) is 90.9 Å². The summed E-state index contributed by atoms with van der Waals surface area (Å²) in [6.07, 6.45) is 6.54. The zero-order chi connectivity index (χ0) is 21.8. The Morgan fingerprint density at radius 2 is 1.86 bits per heavy atom. The molecule has 0 radical (unpaired) electrons. The summed E-state index contributed by atoms with van der Waals surface area (Å²) in [5.41, 5.74) is 1.05. The lowest BCUT2D eigenvalue weighted by Gasteiger charge is -2.32. The summed E-state index contributed by atoms with van der Waals surface area (Å²) in [6.45, 7) is 9.62. The normalized spacial score (nSPS) is 15.2. The second-order valence-electron chi connectivity index (χ2n) is 8.30. The number of benzene rings is 1. The lowest BCUT2D eigenvalue weighted by molar-refractivity contribution is 0.0974. The third-order valence-corrected chi connectivity index (χ3v) is 5.60. The number of hydrogen-bond acceptors (Lipinski definition) is 5. The van der Waals surface area contributed by atoms with Crippen LogP contribution in [0.25, 0.3) is 11.0 Å². The Labute approximate surface area is 172 Å². The molecule has 2 rings (SSSR count). The number of aliphatic hydroxyl groups excluding tert-OH is 1. The van der Waals surface area contributed by atoms with Crippen LogP contribution in [0.5, 0.6) is 11.5 Å². The molecular formula is C24H32O5. The van der Waals surface area contributed by atoms with Crippen LogP contribution in [-0.4, -0.2) is 21.4 Å². The Hall–Kier alpha value is -2.53. The van der Waals surface area contributed by atoms with Crippen molar-refractivity contribution in [2.24, 2.45) is 0 Å². The SMILES string of the molecule is CC(C)=CCC/C(C)=C/CCC(C)(c1c(O)c2ccc(O)cc2oc1=O)C(C)O. The fourth-order valence-electron chi connectivity index (χ4n) is 3.53. The maximum Gasteiger partial charge on any atom is 0.343 e. The number of aliphatic hydroxyl groups is 1. The van der Waals surface area contributed by atoms with Crippen LogP contribution >= 0.6 is 0 Å². The van der Waals surface area contributed by atoms with E-state index in [-0.39, 0.29) is 22.6 Å². The van der Waals surface area contributed by atoms with Crippen molar-refractivity contribution in [1.82, 2.24) is 0 Å². The molecule has 2 aromatic rings. The van der Waals surface area contributed by atoms with E-state index in [2.05, 4.69) is 32.9 Å². The Balaban J connectivity index is 2.34. The van der Waals surface area contributed by atoms with Crippen molar-refractivity contribution in [3.63, 3.8) is 0 Å². The van der Waals surface area contributed by atoms with Crippen LogP contribution < -0.4 is 5.63 Å². The third-order valence-electron chi connectivity index (χ3n) is 5.60. The summed E-state index contributed by atoms with van der Waals surface area (Å²) in [7, 11) is 0. The van der Waals surface area contributed by atoms with E-state index in [0.717, 1.165) is 12.8 Å². The Bertz CT molecular complexity index is 977. The fraction of sp³-hybridized carbons (Fsp3) is 0.458. The summed E-state index contributed by atoms with van der Waals surface area (Å²) in [5, 5.41) is 31.2. The Morgan fingerprint density at radius 3 is 2.48 bits per heavy atom. The van der Waals surface area contributed by atoms with E-state index in [1.807, 2.05) is 0 Å². The fourth-order valence-corrected chi connectivity index (χ4v) is 3.53. The molecule has 3 N–H and O–H groups in total. The second kappa shape index (κ2) is 9.31. The van der Waals surface area contributed by atoms with E-state index in [1.54, 1.807) is 13.8 Å². The monoisotopic (exact) mass is 400 g/mol. The smallest absolute Gasteiger partial charge is 0.343 e. The highest BCUT2D eigenvalue weighted by atomic mass is 16.4. The van der Waals surface area contributed by atoms with Gasteiger partial charge in [0.15, 0.2) is 0 Å². The van der Waals surface area contributed by atoms with Crippen LogP contribution in [0.1, 0.15) is 65.9 Å². The highest BCUT2D eigenvalue weighted by molar-refractivity contribution is 5.85. The van der Waals surface area contributed by atoms with Gasteiger partial charge in [0.2, 0.25) is 0 Å². The highest BCUT2D eigenvalue weighted by Gasteiger charge is 2.38. The molecule has 0 aliphatic heterocycles. The van der Waals surface area contributed by atoms with E-state index in [4.69, 9.17) is 4.42 Å². The Morgan fingerprint density at radius 1 is 1.17 bits per heavy atom. The molecule has 5 nitrogen and oxygen atoms in total. The summed E-state index contributed by atoms with van der Waals surface area (Å²) >= 11 is 0. The molecule has 1 heterocycles. The minimum atomic E-state index is -0.979. The molecular weight excluding hydrogens is 368 g/mol. The summed E-state index contributed by atoms with van der Waals surface area (Å²) in [6, 6.07) is 4.21. The van der Waals surface area contributed by atoms with Crippen LogP contribution in [0, 0.1) is 0 Å². The minimum absolute atomic E-state index is 0.0557. The van der Waals surface area contributed by atoms with Crippen LogP contribution in [0.4, 0.5) is 0 Å². The van der Waals surface area contributed by atoms with Crippen LogP contribution in [-0.2, 0) is 5.41 Å². The van der Waals surface area contributed by atoms with E-state index in [1.165, 1.54) is 29.3 Å². The maximum atomic E-state index is 12.7. The van der Waals surface area contributed by atoms with E-state index in [0.29, 0.717) is 18.2 Å². The first-order valence-electron chi connectivity index (χ1n) is 10.0. The number of phenols is 1. The quantitative estimate of drug-likeness (QED) is 0.412. The first-order chi connectivity index (χ1) is 13.6. The number of fused-ring (bicyclic) bond motifs is 1. The largest absolute Gasteiger partial charge is 0.508 e. The van der Waals surface area contributed by atoms with Gasteiger partial charge in [-0.05, 0) is 65.5 Å². The van der Waals surface area contributed by atoms with E-state index >= 15 is 0 Å². The van der Waals surface area contributed by atoms with Crippen molar-refractivity contribution >= 4 is 11.0 Å². The van der Waals surface area contributed by atoms with Gasteiger partial charge in [-0.15, -0.1) is 0 Å². The predicted octanol–water partition coefficient (Wildman–Crippen LogP) is 5.32. The molecule has 0 aliphatic carbocycles. The molecule has 0 aliphatic rings. The van der Waals surface area contributed by atoms with Crippen LogP contribution in [0.2, 0.25) is 0 Å². The first kappa shape index (κ1) is 22.8. The molecule has 0 spiro atoms. The molecule has 5 heteroatoms. The van der Waals surface area contributed by atoms with E-state index in [9.17, 15) is 20.1 Å². The van der Waals surface area contributed by atoms with Crippen LogP contribution in [0.3, 0.4) is 0 Å². The molecule has 0 fully saturated rings. The van der Waals surface area contributed by atoms with Gasteiger partial charge in [-0.25, -0.2) is 4.79 Å². The van der Waals surface area contributed by atoms with Gasteiger partial charge in [-0.3, -0.25) is 0 Å². The molecule has 0 bridgehead atoms. The number of phenolic OH excluding ortho intramolecular Hbond substituents is 1. The molecule has 2 unspecified atom stereocenters. The van der Waals surface area contributed by atoms with Crippen molar-refractivity contribution in [3.8, 4) is 11.5 Å². The van der Waals surface area contributed by atoms with Crippen molar-refractivity contribution in [1.29, 1.82) is 0 Å². The molecule has 29 heavy (non-hydrogen) atoms. The standard InChI is InChI=1S/C24H32O5/c1-15(2)8-6-9-16(3)10-7-13-24(5,17(4)25)21-22(27)19-12-11-18(26)14-20(19)29-23(21)28/h8,10-12,14,17,25-27H,6-7,9,13H2,1-5H3/b16-10+. The summed E-state index contributed by atoms with van der Waals surface area (Å²) < 4.78 is 5.35. The number of allylic oxidation sites excluding steroid dienone is 4. The van der Waals surface area contributed by atoms with Gasteiger partial charge in [0.1, 0.15) is 17.1 Å². The van der Waals surface area contributed by atoms with Gasteiger partial charge in [-0.2, -0.15) is 0 Å². The second-order valence-corrected chi connectivity index (χ2v) is 8.30. The molecule has 0 saturated heterocycles. The maximum absolute atomic E-state index is 12.7. The van der Waals surface area contributed by atoms with Gasteiger partial charge >= 0.3 is 5.63 Å². The molecule has 0 amide bonds. The molecule has 1 aromatic carbocycles. The van der Waals surface area contributed by atoms with Gasteiger partial charge < -0.3 is 19.7 Å². The zero-order valence-electron chi connectivity index (χ0n) is 18.0. The lowest BCUT2D eigenvalue weighted by atomic mass is 9.74.